The van der Waals surface area contributed by atoms with Gasteiger partial charge < -0.3 is 15.0 Å². The van der Waals surface area contributed by atoms with Gasteiger partial charge in [-0.05, 0) is 55.9 Å². The molecule has 2 heterocycles. The van der Waals surface area contributed by atoms with Crippen LogP contribution in [0.25, 0.3) is 0 Å². The fourth-order valence-corrected chi connectivity index (χ4v) is 3.71. The monoisotopic (exact) mass is 365 g/mol. The molecule has 0 fully saturated rings. The quantitative estimate of drug-likeness (QED) is 0.821. The van der Waals surface area contributed by atoms with Crippen LogP contribution in [0.15, 0.2) is 29.4 Å². The molecule has 1 aliphatic heterocycles. The first-order chi connectivity index (χ1) is 13.2. The van der Waals surface area contributed by atoms with Crippen molar-refractivity contribution in [2.75, 3.05) is 13.6 Å². The second kappa shape index (κ2) is 7.39. The molecule has 2 N–H and O–H groups in total. The highest BCUT2D eigenvalue weighted by Gasteiger charge is 2.25. The predicted octanol–water partition coefficient (Wildman–Crippen LogP) is 2.98. The van der Waals surface area contributed by atoms with Crippen molar-refractivity contribution in [1.82, 2.24) is 10.3 Å². The summed E-state index contributed by atoms with van der Waals surface area (Å²) in [6.45, 7) is 3.05. The summed E-state index contributed by atoms with van der Waals surface area (Å²) in [5.74, 6) is 2.11. The highest BCUT2D eigenvalue weighted by Crippen LogP contribution is 2.27. The fourth-order valence-electron chi connectivity index (χ4n) is 3.71. The number of aryl methyl sites for hydroxylation is 2. The fraction of sp³-hybridized carbons (Fsp3) is 0.381. The van der Waals surface area contributed by atoms with Crippen LogP contribution in [-0.2, 0) is 19.4 Å². The van der Waals surface area contributed by atoms with Crippen molar-refractivity contribution in [3.63, 3.8) is 0 Å². The number of benzene rings is 1. The minimum atomic E-state index is -0.0855. The summed E-state index contributed by atoms with van der Waals surface area (Å²) in [7, 11) is 1.95. The van der Waals surface area contributed by atoms with Crippen LogP contribution < -0.4 is 10.1 Å². The van der Waals surface area contributed by atoms with Gasteiger partial charge in [0.2, 0.25) is 0 Å². The third-order valence-corrected chi connectivity index (χ3v) is 5.16. The Hall–Kier alpha value is -2.89. The third-order valence-electron chi connectivity index (χ3n) is 5.16. The van der Waals surface area contributed by atoms with E-state index in [2.05, 4.69) is 27.4 Å². The molecule has 140 valence electrons. The average molecular weight is 365 g/mol. The van der Waals surface area contributed by atoms with E-state index < -0.39 is 0 Å². The summed E-state index contributed by atoms with van der Waals surface area (Å²) >= 11 is 0. The largest absolute Gasteiger partial charge is 0.404 e. The Labute approximate surface area is 159 Å². The van der Waals surface area contributed by atoms with Gasteiger partial charge >= 0.3 is 5.90 Å². The summed E-state index contributed by atoms with van der Waals surface area (Å²) in [5, 5.41) is 2.85. The Balaban J connectivity index is 1.58. The number of H-pyrrole nitrogens is 1. The molecule has 6 nitrogen and oxygen atoms in total. The minimum absolute atomic E-state index is 0.0855. The van der Waals surface area contributed by atoms with Gasteiger partial charge in [0, 0.05) is 12.7 Å². The van der Waals surface area contributed by atoms with Crippen molar-refractivity contribution in [3.8, 4) is 5.75 Å². The van der Waals surface area contributed by atoms with Gasteiger partial charge in [-0.15, -0.1) is 0 Å². The van der Waals surface area contributed by atoms with Crippen LogP contribution in [0.3, 0.4) is 0 Å². The number of nitrogens with one attached hydrogen (secondary N) is 2. The van der Waals surface area contributed by atoms with Gasteiger partial charge in [-0.3, -0.25) is 4.79 Å². The van der Waals surface area contributed by atoms with Crippen LogP contribution in [0.2, 0.25) is 0 Å². The maximum atomic E-state index is 12.3. The number of aromatic amines is 1. The first kappa shape index (κ1) is 17.5. The molecule has 0 unspecified atom stereocenters. The molecule has 1 aromatic heterocycles. The van der Waals surface area contributed by atoms with Gasteiger partial charge in [-0.1, -0.05) is 6.07 Å². The molecule has 0 radical (unpaired) electrons. The topological polar surface area (TPSA) is 69.5 Å². The van der Waals surface area contributed by atoms with Crippen molar-refractivity contribution in [2.45, 2.75) is 39.2 Å². The molecule has 1 aliphatic carbocycles. The van der Waals surface area contributed by atoms with Crippen LogP contribution in [0, 0.1) is 0 Å². The van der Waals surface area contributed by atoms with Crippen LogP contribution >= 0.6 is 0 Å². The van der Waals surface area contributed by atoms with Crippen molar-refractivity contribution < 1.29 is 14.1 Å². The van der Waals surface area contributed by atoms with Crippen LogP contribution in [0.4, 0.5) is 5.82 Å². The van der Waals surface area contributed by atoms with Crippen molar-refractivity contribution in [3.05, 3.63) is 46.6 Å². The second-order valence-electron chi connectivity index (χ2n) is 7.08. The maximum Gasteiger partial charge on any atom is 0.386 e. The Morgan fingerprint density at radius 3 is 2.93 bits per heavy atom. The standard InChI is InChI=1S/C21H24N4O2/c1-3-22-21(26)17-11-23-20-18(17)13-25(2)19(12-24-20)27-16-9-8-14-6-4-5-7-15(14)10-16/h8-12H,3-7,13H2,1-2H3,(H,22,26)/p+1. The number of nitrogens with zero attached hydrogens (tertiary/aromatic N) is 2. The van der Waals surface area contributed by atoms with Gasteiger partial charge in [0.25, 0.3) is 5.91 Å². The number of aromatic nitrogens is 1. The van der Waals surface area contributed by atoms with E-state index in [4.69, 9.17) is 4.74 Å². The van der Waals surface area contributed by atoms with Gasteiger partial charge in [-0.2, -0.15) is 4.58 Å². The van der Waals surface area contributed by atoms with E-state index in [9.17, 15) is 4.79 Å². The molecule has 6 heteroatoms. The Morgan fingerprint density at radius 2 is 2.11 bits per heavy atom. The first-order valence-electron chi connectivity index (χ1n) is 9.56. The van der Waals surface area contributed by atoms with Crippen molar-refractivity contribution in [2.24, 2.45) is 4.99 Å². The molecule has 1 aromatic carbocycles. The molecule has 0 bridgehead atoms. The highest BCUT2D eigenvalue weighted by molar-refractivity contribution is 6.25. The minimum Gasteiger partial charge on any atom is -0.404 e. The lowest BCUT2D eigenvalue weighted by molar-refractivity contribution is -0.518. The highest BCUT2D eigenvalue weighted by atomic mass is 16.5. The normalized spacial score (nSPS) is 15.8. The Morgan fingerprint density at radius 1 is 1.30 bits per heavy atom. The van der Waals surface area contributed by atoms with E-state index in [0.29, 0.717) is 30.4 Å². The van der Waals surface area contributed by atoms with E-state index >= 15 is 0 Å². The molecule has 0 atom stereocenters. The molecular formula is C21H25N4O2+. The van der Waals surface area contributed by atoms with Crippen LogP contribution in [0.5, 0.6) is 5.75 Å². The third kappa shape index (κ3) is 3.52. The number of hydrogen-bond acceptors (Lipinski definition) is 3. The zero-order valence-corrected chi connectivity index (χ0v) is 15.8. The molecule has 0 spiro atoms. The summed E-state index contributed by atoms with van der Waals surface area (Å²) in [4.78, 5) is 19.9. The molecule has 0 saturated heterocycles. The number of carbonyl (C=O) groups is 1. The Kier molecular flexibility index (Phi) is 4.79. The molecular weight excluding hydrogens is 340 g/mol. The Bertz CT molecular complexity index is 940. The maximum absolute atomic E-state index is 12.3. The van der Waals surface area contributed by atoms with Gasteiger partial charge in [-0.25, -0.2) is 4.99 Å². The number of rotatable bonds is 3. The summed E-state index contributed by atoms with van der Waals surface area (Å²) in [5.41, 5.74) is 4.33. The van der Waals surface area contributed by atoms with E-state index in [1.807, 2.05) is 24.6 Å². The van der Waals surface area contributed by atoms with Crippen LogP contribution in [-0.4, -0.2) is 41.2 Å². The zero-order chi connectivity index (χ0) is 18.8. The van der Waals surface area contributed by atoms with Crippen molar-refractivity contribution in [1.29, 1.82) is 0 Å². The molecule has 4 rings (SSSR count). The molecule has 0 saturated carbocycles. The number of ether oxygens (including phenoxy) is 1. The average Bonchev–Trinajstić information content (AvgIpc) is 3.00. The van der Waals surface area contributed by atoms with Gasteiger partial charge in [0.05, 0.1) is 11.1 Å². The summed E-state index contributed by atoms with van der Waals surface area (Å²) in [6, 6.07) is 6.35. The van der Waals surface area contributed by atoms with Crippen LogP contribution in [0.1, 0.15) is 46.8 Å². The van der Waals surface area contributed by atoms with Gasteiger partial charge in [0.15, 0.2) is 6.54 Å². The smallest absolute Gasteiger partial charge is 0.386 e. The van der Waals surface area contributed by atoms with Crippen molar-refractivity contribution >= 4 is 23.8 Å². The van der Waals surface area contributed by atoms with E-state index in [0.717, 1.165) is 24.2 Å². The molecule has 27 heavy (non-hydrogen) atoms. The second-order valence-corrected chi connectivity index (χ2v) is 7.08. The molecule has 2 aromatic rings. The number of carbonyl (C=O) groups excluding carboxylic acids is 1. The van der Waals surface area contributed by atoms with Gasteiger partial charge in [0.1, 0.15) is 24.8 Å². The predicted molar refractivity (Wildman–Crippen MR) is 106 cm³/mol. The number of hydrogen-bond donors (Lipinski definition) is 2. The lowest BCUT2D eigenvalue weighted by Gasteiger charge is -2.16. The lowest BCUT2D eigenvalue weighted by atomic mass is 9.92. The summed E-state index contributed by atoms with van der Waals surface area (Å²) in [6.07, 6.45) is 8.22. The lowest BCUT2D eigenvalue weighted by Crippen LogP contribution is -2.26. The number of amides is 1. The van der Waals surface area contributed by atoms with E-state index in [-0.39, 0.29) is 5.91 Å². The van der Waals surface area contributed by atoms with E-state index in [1.54, 1.807) is 12.4 Å². The number of fused-ring (bicyclic) bond motifs is 2. The molecule has 2 aliphatic rings. The zero-order valence-electron chi connectivity index (χ0n) is 15.8. The van der Waals surface area contributed by atoms with E-state index in [1.165, 1.54) is 24.0 Å². The summed E-state index contributed by atoms with van der Waals surface area (Å²) < 4.78 is 8.12. The first-order valence-corrected chi connectivity index (χ1v) is 9.56. The SMILES string of the molecule is CCNC(=O)c1c[nH]c2c1C[N+](C)=C(Oc1ccc3c(c1)CCCC3)C=N2. The number of aliphatic imine (C=N–C) groups is 1. The molecule has 1 amide bonds.